The molecule has 4 heteroatoms. The molecule has 0 amide bonds. The van der Waals surface area contributed by atoms with E-state index in [0.717, 1.165) is 0 Å². The third kappa shape index (κ3) is 2.66. The summed E-state index contributed by atoms with van der Waals surface area (Å²) in [6.07, 6.45) is 3.33. The standard InChI is InChI=1S/C9H10N2O2/c1-2-8(12)9(10)13-7-4-3-5-11-6-7/h3-6,10H,2H2,1H3. The van der Waals surface area contributed by atoms with Gasteiger partial charge < -0.3 is 4.74 Å². The Labute approximate surface area is 76.1 Å². The van der Waals surface area contributed by atoms with Gasteiger partial charge in [-0.3, -0.25) is 15.2 Å². The number of rotatable bonds is 3. The zero-order chi connectivity index (χ0) is 9.68. The highest BCUT2D eigenvalue weighted by Crippen LogP contribution is 2.06. The predicted octanol–water partition coefficient (Wildman–Crippen LogP) is 1.42. The monoisotopic (exact) mass is 178 g/mol. The fourth-order valence-electron chi connectivity index (χ4n) is 0.743. The molecule has 1 heterocycles. The summed E-state index contributed by atoms with van der Waals surface area (Å²) < 4.78 is 4.94. The summed E-state index contributed by atoms with van der Waals surface area (Å²) in [6, 6.07) is 3.32. The first kappa shape index (κ1) is 9.38. The second-order valence-electron chi connectivity index (χ2n) is 2.40. The number of nitrogens with zero attached hydrogens (tertiary/aromatic N) is 1. The Hall–Kier alpha value is -1.71. The van der Waals surface area contributed by atoms with Gasteiger partial charge in [-0.25, -0.2) is 0 Å². The molecule has 13 heavy (non-hydrogen) atoms. The van der Waals surface area contributed by atoms with Crippen LogP contribution in [0.4, 0.5) is 0 Å². The molecule has 0 saturated carbocycles. The number of nitrogens with one attached hydrogen (secondary N) is 1. The number of Topliss-reactive ketones (excluding diaryl/α,β-unsaturated/α-hetero) is 1. The van der Waals surface area contributed by atoms with Crippen molar-refractivity contribution in [1.82, 2.24) is 4.98 Å². The Morgan fingerprint density at radius 2 is 2.46 bits per heavy atom. The van der Waals surface area contributed by atoms with Crippen LogP contribution in [-0.2, 0) is 4.79 Å². The van der Waals surface area contributed by atoms with Gasteiger partial charge >= 0.3 is 0 Å². The Bertz CT molecular complexity index is 309. The maximum Gasteiger partial charge on any atom is 0.256 e. The van der Waals surface area contributed by atoms with Gasteiger partial charge in [-0.1, -0.05) is 6.92 Å². The molecule has 1 N–H and O–H groups in total. The summed E-state index contributed by atoms with van der Waals surface area (Å²) in [5.74, 6) is -0.242. The molecule has 0 bridgehead atoms. The van der Waals surface area contributed by atoms with E-state index in [9.17, 15) is 4.79 Å². The minimum atomic E-state index is -0.337. The zero-order valence-electron chi connectivity index (χ0n) is 7.28. The molecule has 4 nitrogen and oxygen atoms in total. The smallest absolute Gasteiger partial charge is 0.256 e. The summed E-state index contributed by atoms with van der Waals surface area (Å²) in [4.78, 5) is 14.7. The number of ether oxygens (including phenoxy) is 1. The fourth-order valence-corrected chi connectivity index (χ4v) is 0.743. The molecule has 1 aromatic heterocycles. The number of hydrogen-bond donors (Lipinski definition) is 1. The first-order valence-corrected chi connectivity index (χ1v) is 3.93. The van der Waals surface area contributed by atoms with Crippen molar-refractivity contribution in [1.29, 1.82) is 5.41 Å². The molecule has 0 atom stereocenters. The van der Waals surface area contributed by atoms with Crippen LogP contribution >= 0.6 is 0 Å². The van der Waals surface area contributed by atoms with Crippen molar-refractivity contribution in [3.8, 4) is 5.75 Å². The average Bonchev–Trinajstić information content (AvgIpc) is 2.18. The third-order valence-corrected chi connectivity index (χ3v) is 1.43. The lowest BCUT2D eigenvalue weighted by Crippen LogP contribution is -2.18. The van der Waals surface area contributed by atoms with Gasteiger partial charge in [0.2, 0.25) is 5.78 Å². The molecule has 0 spiro atoms. The Balaban J connectivity index is 2.60. The minimum Gasteiger partial charge on any atom is -0.435 e. The average molecular weight is 178 g/mol. The number of carbonyl (C=O) groups is 1. The van der Waals surface area contributed by atoms with Gasteiger partial charge in [0.25, 0.3) is 5.90 Å². The van der Waals surface area contributed by atoms with Gasteiger partial charge in [0.1, 0.15) is 5.75 Å². The van der Waals surface area contributed by atoms with E-state index in [4.69, 9.17) is 10.1 Å². The van der Waals surface area contributed by atoms with Crippen molar-refractivity contribution in [2.24, 2.45) is 0 Å². The Kier molecular flexibility index (Phi) is 3.14. The summed E-state index contributed by atoms with van der Waals surface area (Å²) in [6.45, 7) is 1.68. The molecule has 68 valence electrons. The molecular formula is C9H10N2O2. The molecule has 0 aliphatic carbocycles. The molecule has 0 unspecified atom stereocenters. The van der Waals surface area contributed by atoms with Gasteiger partial charge in [0, 0.05) is 12.6 Å². The number of carbonyl (C=O) groups excluding carboxylic acids is 1. The van der Waals surface area contributed by atoms with Crippen molar-refractivity contribution in [2.75, 3.05) is 0 Å². The van der Waals surface area contributed by atoms with Crippen molar-refractivity contribution < 1.29 is 9.53 Å². The number of aromatic nitrogens is 1. The van der Waals surface area contributed by atoms with Crippen LogP contribution in [0.5, 0.6) is 5.75 Å². The number of hydrogen-bond acceptors (Lipinski definition) is 4. The summed E-state index contributed by atoms with van der Waals surface area (Å²) in [7, 11) is 0. The second-order valence-corrected chi connectivity index (χ2v) is 2.40. The highest BCUT2D eigenvalue weighted by molar-refractivity contribution is 6.35. The van der Waals surface area contributed by atoms with Gasteiger partial charge in [0.15, 0.2) is 0 Å². The normalized spacial score (nSPS) is 9.31. The minimum absolute atomic E-state index is 0.277. The lowest BCUT2D eigenvalue weighted by molar-refractivity contribution is -0.113. The molecule has 0 saturated heterocycles. The summed E-state index contributed by atoms with van der Waals surface area (Å²) in [5, 5.41) is 7.23. The summed E-state index contributed by atoms with van der Waals surface area (Å²) >= 11 is 0. The van der Waals surface area contributed by atoms with E-state index >= 15 is 0 Å². The maximum absolute atomic E-state index is 10.9. The first-order chi connectivity index (χ1) is 6.24. The largest absolute Gasteiger partial charge is 0.435 e. The van der Waals surface area contributed by atoms with E-state index in [1.807, 2.05) is 0 Å². The lowest BCUT2D eigenvalue weighted by atomic mass is 10.3. The van der Waals surface area contributed by atoms with E-state index in [-0.39, 0.29) is 18.1 Å². The Morgan fingerprint density at radius 1 is 1.69 bits per heavy atom. The van der Waals surface area contributed by atoms with Crippen LogP contribution in [0.3, 0.4) is 0 Å². The molecule has 0 aromatic carbocycles. The van der Waals surface area contributed by atoms with Crippen LogP contribution < -0.4 is 4.74 Å². The first-order valence-electron chi connectivity index (χ1n) is 3.93. The predicted molar refractivity (Wildman–Crippen MR) is 47.9 cm³/mol. The maximum atomic E-state index is 10.9. The number of ketones is 1. The SMILES string of the molecule is CCC(=O)C(=N)Oc1cccnc1. The molecule has 0 aliphatic heterocycles. The molecule has 1 aromatic rings. The van der Waals surface area contributed by atoms with Crippen molar-refractivity contribution in [3.63, 3.8) is 0 Å². The van der Waals surface area contributed by atoms with Crippen LogP contribution in [0, 0.1) is 5.41 Å². The molecule has 0 fully saturated rings. The third-order valence-electron chi connectivity index (χ3n) is 1.43. The topological polar surface area (TPSA) is 63.0 Å². The molecule has 1 rings (SSSR count). The quantitative estimate of drug-likeness (QED) is 0.562. The Morgan fingerprint density at radius 3 is 3.00 bits per heavy atom. The highest BCUT2D eigenvalue weighted by Gasteiger charge is 2.08. The van der Waals surface area contributed by atoms with E-state index in [2.05, 4.69) is 4.98 Å². The highest BCUT2D eigenvalue weighted by atomic mass is 16.5. The van der Waals surface area contributed by atoms with Crippen LogP contribution in [0.2, 0.25) is 0 Å². The van der Waals surface area contributed by atoms with Gasteiger partial charge in [-0.15, -0.1) is 0 Å². The van der Waals surface area contributed by atoms with Gasteiger partial charge in [0.05, 0.1) is 6.20 Å². The van der Waals surface area contributed by atoms with Crippen molar-refractivity contribution in [2.45, 2.75) is 13.3 Å². The van der Waals surface area contributed by atoms with E-state index in [1.165, 1.54) is 6.20 Å². The van der Waals surface area contributed by atoms with E-state index < -0.39 is 0 Å². The van der Waals surface area contributed by atoms with Crippen molar-refractivity contribution >= 4 is 11.7 Å². The van der Waals surface area contributed by atoms with Crippen LogP contribution in [0.1, 0.15) is 13.3 Å². The second kappa shape index (κ2) is 4.35. The lowest BCUT2D eigenvalue weighted by Gasteiger charge is -2.02. The van der Waals surface area contributed by atoms with E-state index in [1.54, 1.807) is 25.3 Å². The fraction of sp³-hybridized carbons (Fsp3) is 0.222. The van der Waals surface area contributed by atoms with Crippen LogP contribution in [0.15, 0.2) is 24.5 Å². The van der Waals surface area contributed by atoms with Gasteiger partial charge in [-0.05, 0) is 12.1 Å². The molecular weight excluding hydrogens is 168 g/mol. The van der Waals surface area contributed by atoms with Crippen LogP contribution in [-0.4, -0.2) is 16.7 Å². The zero-order valence-corrected chi connectivity index (χ0v) is 7.28. The molecule has 0 radical (unpaired) electrons. The summed E-state index contributed by atoms with van der Waals surface area (Å²) in [5.41, 5.74) is 0. The number of pyridine rings is 1. The van der Waals surface area contributed by atoms with Crippen LogP contribution in [0.25, 0.3) is 0 Å². The molecule has 0 aliphatic rings. The van der Waals surface area contributed by atoms with Crippen molar-refractivity contribution in [3.05, 3.63) is 24.5 Å². The van der Waals surface area contributed by atoms with E-state index in [0.29, 0.717) is 5.75 Å². The van der Waals surface area contributed by atoms with Gasteiger partial charge in [-0.2, -0.15) is 0 Å².